The molecule has 0 rings (SSSR count). The number of rotatable bonds is 5. The Morgan fingerprint density at radius 3 is 2.64 bits per heavy atom. The van der Waals surface area contributed by atoms with Gasteiger partial charge in [-0.1, -0.05) is 38.0 Å². The average Bonchev–Trinajstić information content (AvgIpc) is 1.97. The van der Waals surface area contributed by atoms with E-state index in [-0.39, 0.29) is 0 Å². The van der Waals surface area contributed by atoms with Gasteiger partial charge in [-0.15, -0.1) is 6.58 Å². The van der Waals surface area contributed by atoms with Crippen LogP contribution in [0.5, 0.6) is 0 Å². The van der Waals surface area contributed by atoms with E-state index >= 15 is 0 Å². The Labute approximate surface area is 71.0 Å². The van der Waals surface area contributed by atoms with E-state index in [0.29, 0.717) is 0 Å². The van der Waals surface area contributed by atoms with Gasteiger partial charge in [-0.3, -0.25) is 0 Å². The third-order valence-corrected chi connectivity index (χ3v) is 1.85. The summed E-state index contributed by atoms with van der Waals surface area (Å²) < 4.78 is 0. The fourth-order valence-electron chi connectivity index (χ4n) is 0.794. The van der Waals surface area contributed by atoms with Crippen LogP contribution in [0, 0.1) is 5.92 Å². The molecule has 0 aliphatic rings. The molecule has 0 aromatic heterocycles. The lowest BCUT2D eigenvalue weighted by molar-refractivity contribution is 0.694. The molecule has 0 spiro atoms. The lowest BCUT2D eigenvalue weighted by atomic mass is 10.1. The highest BCUT2D eigenvalue weighted by Gasteiger charge is 1.89. The summed E-state index contributed by atoms with van der Waals surface area (Å²) in [6.07, 6.45) is 8.09. The summed E-state index contributed by atoms with van der Waals surface area (Å²) in [7, 11) is 0. The third-order valence-electron chi connectivity index (χ3n) is 1.85. The van der Waals surface area contributed by atoms with Crippen molar-refractivity contribution in [3.63, 3.8) is 0 Å². The van der Waals surface area contributed by atoms with Crippen molar-refractivity contribution in [3.05, 3.63) is 24.3 Å². The van der Waals surface area contributed by atoms with Crippen LogP contribution in [0.4, 0.5) is 0 Å². The van der Waals surface area contributed by atoms with Gasteiger partial charge in [-0.05, 0) is 25.7 Å². The van der Waals surface area contributed by atoms with Crippen LogP contribution < -0.4 is 0 Å². The smallest absolute Gasteiger partial charge is 0.0265 e. The molecule has 0 saturated heterocycles. The Balaban J connectivity index is 3.36. The molecule has 0 N–H and O–H groups in total. The summed E-state index contributed by atoms with van der Waals surface area (Å²) in [5.74, 6) is 0.736. The van der Waals surface area contributed by atoms with Crippen LogP contribution in [0.25, 0.3) is 0 Å². The van der Waals surface area contributed by atoms with E-state index in [1.165, 1.54) is 12.0 Å². The monoisotopic (exact) mass is 152 g/mol. The zero-order valence-electron chi connectivity index (χ0n) is 8.06. The fraction of sp³-hybridized carbons (Fsp3) is 0.636. The van der Waals surface area contributed by atoms with Gasteiger partial charge in [-0.2, -0.15) is 0 Å². The third kappa shape index (κ3) is 7.38. The Morgan fingerprint density at radius 2 is 2.18 bits per heavy atom. The van der Waals surface area contributed by atoms with Gasteiger partial charge in [0.15, 0.2) is 0 Å². The number of hydrogen-bond acceptors (Lipinski definition) is 0. The highest BCUT2D eigenvalue weighted by molar-refractivity contribution is 4.93. The van der Waals surface area contributed by atoms with E-state index in [2.05, 4.69) is 39.5 Å². The van der Waals surface area contributed by atoms with Crippen molar-refractivity contribution >= 4 is 0 Å². The van der Waals surface area contributed by atoms with E-state index in [1.807, 2.05) is 0 Å². The minimum atomic E-state index is 0.736. The Morgan fingerprint density at radius 1 is 1.55 bits per heavy atom. The summed E-state index contributed by atoms with van der Waals surface area (Å²) in [6.45, 7) is 10.4. The Kier molecular flexibility index (Phi) is 5.91. The molecule has 64 valence electrons. The van der Waals surface area contributed by atoms with E-state index in [1.54, 1.807) is 0 Å². The zero-order valence-corrected chi connectivity index (χ0v) is 8.06. The van der Waals surface area contributed by atoms with Gasteiger partial charge in [-0.25, -0.2) is 0 Å². The molecule has 0 amide bonds. The Hall–Kier alpha value is -0.520. The van der Waals surface area contributed by atoms with Crippen molar-refractivity contribution in [1.29, 1.82) is 0 Å². The summed E-state index contributed by atoms with van der Waals surface area (Å²) >= 11 is 0. The van der Waals surface area contributed by atoms with Gasteiger partial charge in [0.1, 0.15) is 0 Å². The average molecular weight is 152 g/mol. The van der Waals surface area contributed by atoms with Crippen LogP contribution in [-0.4, -0.2) is 0 Å². The maximum atomic E-state index is 3.86. The van der Waals surface area contributed by atoms with Crippen molar-refractivity contribution in [1.82, 2.24) is 0 Å². The zero-order chi connectivity index (χ0) is 8.69. The minimum absolute atomic E-state index is 0.736. The molecule has 0 heteroatoms. The van der Waals surface area contributed by atoms with Crippen molar-refractivity contribution in [2.24, 2.45) is 5.92 Å². The van der Waals surface area contributed by atoms with Crippen molar-refractivity contribution in [3.8, 4) is 0 Å². The van der Waals surface area contributed by atoms with E-state index in [9.17, 15) is 0 Å². The van der Waals surface area contributed by atoms with E-state index in [4.69, 9.17) is 0 Å². The second-order valence-electron chi connectivity index (χ2n) is 3.31. The summed E-state index contributed by atoms with van der Waals surface area (Å²) in [5.41, 5.74) is 1.28. The van der Waals surface area contributed by atoms with Gasteiger partial charge in [0.2, 0.25) is 0 Å². The first-order chi connectivity index (χ1) is 5.16. The predicted molar refractivity (Wildman–Crippen MR) is 52.6 cm³/mol. The van der Waals surface area contributed by atoms with E-state index in [0.717, 1.165) is 18.8 Å². The van der Waals surface area contributed by atoms with Gasteiger partial charge >= 0.3 is 0 Å². The normalized spacial score (nSPS) is 13.7. The summed E-state index contributed by atoms with van der Waals surface area (Å²) in [4.78, 5) is 0. The maximum Gasteiger partial charge on any atom is -0.0265 e. The lowest BCUT2D eigenvalue weighted by Crippen LogP contribution is -1.83. The first-order valence-electron chi connectivity index (χ1n) is 4.47. The summed E-state index contributed by atoms with van der Waals surface area (Å²) in [5, 5.41) is 0. The van der Waals surface area contributed by atoms with Crippen LogP contribution in [0.1, 0.15) is 40.0 Å². The van der Waals surface area contributed by atoms with Crippen molar-refractivity contribution in [2.45, 2.75) is 40.0 Å². The minimum Gasteiger partial charge on any atom is -0.100 e. The lowest BCUT2D eigenvalue weighted by Gasteiger charge is -1.99. The molecule has 0 aromatic carbocycles. The number of hydrogen-bond donors (Lipinski definition) is 0. The van der Waals surface area contributed by atoms with Gasteiger partial charge in [0, 0.05) is 0 Å². The SMILES string of the molecule is C=C(C)CCC=CC(C)CC. The molecule has 0 radical (unpaired) electrons. The Bertz CT molecular complexity index is 131. The molecular formula is C11H20. The van der Waals surface area contributed by atoms with Crippen LogP contribution in [0.2, 0.25) is 0 Å². The fourth-order valence-corrected chi connectivity index (χ4v) is 0.794. The molecule has 0 aliphatic carbocycles. The topological polar surface area (TPSA) is 0 Å². The van der Waals surface area contributed by atoms with Crippen molar-refractivity contribution in [2.75, 3.05) is 0 Å². The first kappa shape index (κ1) is 10.5. The molecule has 0 nitrogen and oxygen atoms in total. The summed E-state index contributed by atoms with van der Waals surface area (Å²) in [6, 6.07) is 0. The maximum absolute atomic E-state index is 3.86. The molecule has 0 saturated carbocycles. The van der Waals surface area contributed by atoms with Crippen LogP contribution in [0.15, 0.2) is 24.3 Å². The standard InChI is InChI=1S/C11H20/c1-5-11(4)9-7-6-8-10(2)3/h7,9,11H,2,5-6,8H2,1,3-4H3. The molecule has 0 aromatic rings. The molecule has 0 heterocycles. The van der Waals surface area contributed by atoms with Gasteiger partial charge in [0.25, 0.3) is 0 Å². The second kappa shape index (κ2) is 6.21. The van der Waals surface area contributed by atoms with Crippen molar-refractivity contribution < 1.29 is 0 Å². The highest BCUT2D eigenvalue weighted by atomic mass is 14.0. The van der Waals surface area contributed by atoms with Gasteiger partial charge < -0.3 is 0 Å². The van der Waals surface area contributed by atoms with Crippen LogP contribution >= 0.6 is 0 Å². The second-order valence-corrected chi connectivity index (χ2v) is 3.31. The van der Waals surface area contributed by atoms with E-state index < -0.39 is 0 Å². The van der Waals surface area contributed by atoms with Crippen LogP contribution in [-0.2, 0) is 0 Å². The van der Waals surface area contributed by atoms with Crippen LogP contribution in [0.3, 0.4) is 0 Å². The molecule has 0 aliphatic heterocycles. The number of allylic oxidation sites excluding steroid dienone is 3. The molecule has 1 unspecified atom stereocenters. The predicted octanol–water partition coefficient (Wildman–Crippen LogP) is 3.95. The van der Waals surface area contributed by atoms with Gasteiger partial charge in [0.05, 0.1) is 0 Å². The highest BCUT2D eigenvalue weighted by Crippen LogP contribution is 2.05. The molecular weight excluding hydrogens is 132 g/mol. The quantitative estimate of drug-likeness (QED) is 0.523. The largest absolute Gasteiger partial charge is 0.100 e. The molecule has 11 heavy (non-hydrogen) atoms. The molecule has 0 bridgehead atoms. The molecule has 1 atom stereocenters. The first-order valence-corrected chi connectivity index (χ1v) is 4.47. The molecule has 0 fully saturated rings.